The average Bonchev–Trinajstić information content (AvgIpc) is 4.10. The third kappa shape index (κ3) is 17.9. The third-order valence-corrected chi connectivity index (χ3v) is 18.3. The molecule has 8 fully saturated rings. The number of thioether (sulfide) groups is 4. The molecule has 0 unspecified atom stereocenters. The van der Waals surface area contributed by atoms with Gasteiger partial charge >= 0.3 is 45.2 Å². The Kier molecular flexibility index (Phi) is 23.3. The third-order valence-electron chi connectivity index (χ3n) is 12.2. The number of hydrogen-bond acceptors (Lipinski definition) is 16. The van der Waals surface area contributed by atoms with Crippen molar-refractivity contribution in [1.82, 2.24) is 42.5 Å². The van der Waals surface area contributed by atoms with Crippen LogP contribution in [0.1, 0.15) is 103 Å². The molecule has 8 aliphatic rings. The Hall–Kier alpha value is -2.95. The number of fused-ring (bicyclic) bond motifs is 4. The standard InChI is InChI=1S/4C10H16N2O3S.Pt/c4*13-8(14)4-2-1-3-7-9-6(5-16-7)11-10(15)12-9;/h4*6-7,9H,1-5H2,(H,13,14)(H2,11,12,15);/q;;;;+4/p-4/t4*6-,7-,9-;/m0000./s1. The Morgan fingerprint density at radius 3 is 0.754 bits per heavy atom. The summed E-state index contributed by atoms with van der Waals surface area (Å²) in [6.07, 6.45) is 10.6. The monoisotopic (exact) mass is 1170 g/mol. The molecule has 0 aromatic carbocycles. The summed E-state index contributed by atoms with van der Waals surface area (Å²) in [6, 6.07) is 1.61. The summed E-state index contributed by atoms with van der Waals surface area (Å²) >= 11 is 7.42. The predicted octanol–water partition coefficient (Wildman–Crippen LogP) is -2.15. The first-order chi connectivity index (χ1) is 30.7. The second kappa shape index (κ2) is 27.8. The maximum absolute atomic E-state index is 11.1. The van der Waals surface area contributed by atoms with Gasteiger partial charge in [0.05, 0.1) is 48.3 Å². The first-order valence-corrected chi connectivity index (χ1v) is 26.4. The molecule has 0 spiro atoms. The normalized spacial score (nSPS) is 31.5. The minimum absolute atomic E-state index is 0. The minimum Gasteiger partial charge on any atom is -0.550 e. The van der Waals surface area contributed by atoms with Gasteiger partial charge in [0.2, 0.25) is 0 Å². The smallest absolute Gasteiger partial charge is 0.550 e. The number of unbranched alkanes of at least 4 members (excludes halogenated alkanes) is 4. The van der Waals surface area contributed by atoms with Gasteiger partial charge in [0.1, 0.15) is 0 Å². The molecular weight excluding hydrogens is 1110 g/mol. The van der Waals surface area contributed by atoms with Crippen LogP contribution < -0.4 is 63.0 Å². The molecule has 8 heterocycles. The van der Waals surface area contributed by atoms with Gasteiger partial charge < -0.3 is 82.1 Å². The van der Waals surface area contributed by atoms with Crippen LogP contribution >= 0.6 is 47.0 Å². The van der Waals surface area contributed by atoms with E-state index >= 15 is 0 Å². The van der Waals surface area contributed by atoms with Gasteiger partial charge in [0, 0.05) is 67.9 Å². The van der Waals surface area contributed by atoms with Crippen LogP contribution in [-0.4, -0.2) is 140 Å². The Balaban J connectivity index is 0.000000189. The molecule has 0 bridgehead atoms. The number of carboxylic acids is 4. The fraction of sp³-hybridized carbons (Fsp3) is 0.800. The van der Waals surface area contributed by atoms with E-state index in [0.717, 1.165) is 74.4 Å². The second-order valence-corrected chi connectivity index (χ2v) is 22.0. The van der Waals surface area contributed by atoms with Gasteiger partial charge in [-0.25, -0.2) is 19.2 Å². The molecule has 20 nitrogen and oxygen atoms in total. The van der Waals surface area contributed by atoms with E-state index in [2.05, 4.69) is 42.5 Å². The van der Waals surface area contributed by atoms with Crippen molar-refractivity contribution in [2.45, 2.75) is 172 Å². The number of amides is 8. The molecule has 8 saturated heterocycles. The Labute approximate surface area is 410 Å². The summed E-state index contributed by atoms with van der Waals surface area (Å²) in [5.41, 5.74) is 0. The summed E-state index contributed by atoms with van der Waals surface area (Å²) < 4.78 is 0. The molecular formula is C40H60N8O12PtS4. The van der Waals surface area contributed by atoms with Crippen LogP contribution in [-0.2, 0) is 40.2 Å². The number of urea groups is 4. The van der Waals surface area contributed by atoms with Crippen LogP contribution in [0.3, 0.4) is 0 Å². The average molecular weight is 1170 g/mol. The molecule has 65 heavy (non-hydrogen) atoms. The van der Waals surface area contributed by atoms with E-state index in [1.54, 1.807) is 0 Å². The van der Waals surface area contributed by atoms with Gasteiger partial charge in [0.15, 0.2) is 0 Å². The van der Waals surface area contributed by atoms with E-state index in [9.17, 15) is 58.8 Å². The summed E-state index contributed by atoms with van der Waals surface area (Å²) in [5.74, 6) is -0.104. The van der Waals surface area contributed by atoms with Crippen LogP contribution in [0.2, 0.25) is 0 Å². The van der Waals surface area contributed by atoms with Gasteiger partial charge in [-0.2, -0.15) is 47.0 Å². The van der Waals surface area contributed by atoms with E-state index in [0.29, 0.717) is 46.7 Å². The van der Waals surface area contributed by atoms with Crippen LogP contribution in [0.25, 0.3) is 0 Å². The molecule has 8 aliphatic heterocycles. The summed E-state index contributed by atoms with van der Waals surface area (Å²) in [7, 11) is 0. The minimum atomic E-state index is -0.979. The van der Waals surface area contributed by atoms with E-state index in [4.69, 9.17) is 0 Å². The molecule has 0 saturated carbocycles. The van der Waals surface area contributed by atoms with Gasteiger partial charge in [-0.15, -0.1) is 0 Å². The Bertz CT molecular complexity index is 1430. The fourth-order valence-corrected chi connectivity index (χ4v) is 15.2. The number of carboxylic acid groups (broad SMARTS) is 4. The van der Waals surface area contributed by atoms with Gasteiger partial charge in [0.25, 0.3) is 0 Å². The maximum Gasteiger partial charge on any atom is 4.00 e. The van der Waals surface area contributed by atoms with E-state index in [1.165, 1.54) is 0 Å². The van der Waals surface area contributed by atoms with Crippen molar-refractivity contribution in [3.63, 3.8) is 0 Å². The summed E-state index contributed by atoms with van der Waals surface area (Å²) in [4.78, 5) is 85.4. The zero-order valence-electron chi connectivity index (χ0n) is 35.9. The number of hydrogen-bond donors (Lipinski definition) is 8. The Morgan fingerprint density at radius 2 is 0.569 bits per heavy atom. The molecule has 0 aromatic rings. The molecule has 366 valence electrons. The van der Waals surface area contributed by atoms with Crippen molar-refractivity contribution in [2.75, 3.05) is 23.0 Å². The summed E-state index contributed by atoms with van der Waals surface area (Å²) in [5, 5.41) is 65.8. The quantitative estimate of drug-likeness (QED) is 0.0476. The van der Waals surface area contributed by atoms with Crippen molar-refractivity contribution in [3.05, 3.63) is 0 Å². The first-order valence-electron chi connectivity index (χ1n) is 22.2. The zero-order valence-corrected chi connectivity index (χ0v) is 41.5. The molecule has 12 atom stereocenters. The van der Waals surface area contributed by atoms with E-state index in [1.807, 2.05) is 47.0 Å². The maximum atomic E-state index is 11.1. The second-order valence-electron chi connectivity index (χ2n) is 17.0. The van der Waals surface area contributed by atoms with Crippen molar-refractivity contribution in [2.24, 2.45) is 0 Å². The van der Waals surface area contributed by atoms with Crippen molar-refractivity contribution in [3.8, 4) is 0 Å². The van der Waals surface area contributed by atoms with Crippen molar-refractivity contribution in [1.29, 1.82) is 0 Å². The number of nitrogens with one attached hydrogen (secondary N) is 8. The number of aliphatic carboxylic acids is 4. The number of rotatable bonds is 20. The molecule has 0 aromatic heterocycles. The van der Waals surface area contributed by atoms with Crippen LogP contribution in [0.5, 0.6) is 0 Å². The van der Waals surface area contributed by atoms with Crippen LogP contribution in [0.15, 0.2) is 0 Å². The topological polar surface area (TPSA) is 325 Å². The summed E-state index contributed by atoms with van der Waals surface area (Å²) in [6.45, 7) is 0. The molecule has 8 rings (SSSR count). The van der Waals surface area contributed by atoms with Gasteiger partial charge in [-0.1, -0.05) is 25.7 Å². The van der Waals surface area contributed by atoms with Crippen LogP contribution in [0.4, 0.5) is 19.2 Å². The first kappa shape index (κ1) is 54.7. The largest absolute Gasteiger partial charge is 4.00 e. The molecule has 25 heteroatoms. The van der Waals surface area contributed by atoms with Gasteiger partial charge in [-0.3, -0.25) is 0 Å². The van der Waals surface area contributed by atoms with Gasteiger partial charge in [-0.05, 0) is 77.0 Å². The van der Waals surface area contributed by atoms with Crippen molar-refractivity contribution < 1.29 is 79.8 Å². The van der Waals surface area contributed by atoms with Crippen LogP contribution in [0, 0.1) is 0 Å². The zero-order chi connectivity index (χ0) is 46.2. The Morgan fingerprint density at radius 1 is 0.369 bits per heavy atom. The predicted molar refractivity (Wildman–Crippen MR) is 236 cm³/mol. The molecule has 8 amide bonds. The molecule has 0 aliphatic carbocycles. The van der Waals surface area contributed by atoms with Crippen molar-refractivity contribution >= 4 is 95.0 Å². The van der Waals surface area contributed by atoms with E-state index < -0.39 is 23.9 Å². The van der Waals surface area contributed by atoms with E-state index in [-0.39, 0.29) is 119 Å². The molecule has 8 N–H and O–H groups in total. The fourth-order valence-electron chi connectivity index (χ4n) is 9.03. The molecule has 0 radical (unpaired) electrons. The number of carbonyl (C=O) groups excluding carboxylic acids is 8. The SMILES string of the molecule is O=C([O-])CCCC[C@@H]1SC[C@@H]2NC(=O)N[C@@H]21.O=C([O-])CCCC[C@@H]1SC[C@@H]2NC(=O)N[C@@H]21.O=C([O-])CCCC[C@@H]1SC[C@@H]2NC(=O)N[C@@H]21.O=C([O-])CCCC[C@@H]1SC[C@@H]2NC(=O)N[C@@H]21.[Pt+4]. The number of carbonyl (C=O) groups is 8.